The van der Waals surface area contributed by atoms with Gasteiger partial charge in [-0.05, 0) is 23.8 Å². The van der Waals surface area contributed by atoms with Crippen molar-refractivity contribution in [3.63, 3.8) is 0 Å². The first kappa shape index (κ1) is 17.5. The number of aromatic carboxylic acids is 1. The minimum atomic E-state index is -4.49. The van der Waals surface area contributed by atoms with E-state index in [9.17, 15) is 22.8 Å². The fraction of sp³-hybridized carbons (Fsp3) is 0.176. The van der Waals surface area contributed by atoms with Crippen LogP contribution in [0, 0.1) is 0 Å². The van der Waals surface area contributed by atoms with Gasteiger partial charge >= 0.3 is 18.1 Å². The van der Waals surface area contributed by atoms with E-state index in [2.05, 4.69) is 0 Å². The van der Waals surface area contributed by atoms with Crippen molar-refractivity contribution in [2.45, 2.75) is 12.6 Å². The standard InChI is InChI=1S/C17H13F3O4/c18-17(19,20)14-8-4-1-5-11(14)9-10-24-16(23)13-7-3-2-6-12(13)15(21)22/h1-8H,9-10H2,(H,21,22). The average molecular weight is 338 g/mol. The zero-order chi connectivity index (χ0) is 17.7. The van der Waals surface area contributed by atoms with Crippen molar-refractivity contribution in [2.24, 2.45) is 0 Å². The number of carboxylic acid groups (broad SMARTS) is 1. The molecular formula is C17H13F3O4. The third-order valence-electron chi connectivity index (χ3n) is 3.30. The summed E-state index contributed by atoms with van der Waals surface area (Å²) in [6.45, 7) is -0.292. The predicted octanol–water partition coefficient (Wildman–Crippen LogP) is 3.80. The maximum absolute atomic E-state index is 12.9. The van der Waals surface area contributed by atoms with Gasteiger partial charge in [0.2, 0.25) is 0 Å². The number of esters is 1. The summed E-state index contributed by atoms with van der Waals surface area (Å²) < 4.78 is 43.5. The summed E-state index contributed by atoms with van der Waals surface area (Å²) in [5.74, 6) is -2.18. The van der Waals surface area contributed by atoms with E-state index in [1.54, 1.807) is 0 Å². The molecule has 2 rings (SSSR count). The Kier molecular flexibility index (Phi) is 5.23. The second-order valence-electron chi connectivity index (χ2n) is 4.89. The van der Waals surface area contributed by atoms with Crippen molar-refractivity contribution in [3.8, 4) is 0 Å². The molecule has 0 fully saturated rings. The summed E-state index contributed by atoms with van der Waals surface area (Å²) >= 11 is 0. The number of benzene rings is 2. The fourth-order valence-electron chi connectivity index (χ4n) is 2.19. The molecule has 0 aliphatic carbocycles. The molecule has 0 heterocycles. The van der Waals surface area contributed by atoms with E-state index >= 15 is 0 Å². The number of hydrogen-bond donors (Lipinski definition) is 1. The largest absolute Gasteiger partial charge is 0.478 e. The Morgan fingerprint density at radius 1 is 0.958 bits per heavy atom. The highest BCUT2D eigenvalue weighted by Crippen LogP contribution is 2.32. The number of alkyl halides is 3. The molecule has 0 bridgehead atoms. The van der Waals surface area contributed by atoms with Gasteiger partial charge in [0.1, 0.15) is 0 Å². The fourth-order valence-corrected chi connectivity index (χ4v) is 2.19. The van der Waals surface area contributed by atoms with Gasteiger partial charge in [0, 0.05) is 6.42 Å². The van der Waals surface area contributed by atoms with E-state index in [0.29, 0.717) is 0 Å². The molecule has 126 valence electrons. The molecule has 0 unspecified atom stereocenters. The zero-order valence-electron chi connectivity index (χ0n) is 12.3. The van der Waals surface area contributed by atoms with Crippen LogP contribution in [-0.4, -0.2) is 23.7 Å². The third kappa shape index (κ3) is 4.13. The normalized spacial score (nSPS) is 11.1. The predicted molar refractivity (Wildman–Crippen MR) is 78.8 cm³/mol. The summed E-state index contributed by atoms with van der Waals surface area (Å²) in [5.41, 5.74) is -1.15. The molecule has 2 aromatic rings. The van der Waals surface area contributed by atoms with Gasteiger partial charge in [0.15, 0.2) is 0 Å². The number of carbonyl (C=O) groups is 2. The molecule has 0 aliphatic rings. The number of halogens is 3. The van der Waals surface area contributed by atoms with Crippen molar-refractivity contribution >= 4 is 11.9 Å². The molecule has 0 amide bonds. The quantitative estimate of drug-likeness (QED) is 0.842. The molecular weight excluding hydrogens is 325 g/mol. The van der Waals surface area contributed by atoms with E-state index in [1.807, 2.05) is 0 Å². The van der Waals surface area contributed by atoms with Crippen molar-refractivity contribution in [1.82, 2.24) is 0 Å². The molecule has 2 aromatic carbocycles. The molecule has 24 heavy (non-hydrogen) atoms. The molecule has 0 atom stereocenters. The summed E-state index contributed by atoms with van der Waals surface area (Å²) in [6, 6.07) is 10.5. The molecule has 0 aliphatic heterocycles. The lowest BCUT2D eigenvalue weighted by Gasteiger charge is -2.13. The topological polar surface area (TPSA) is 63.6 Å². The molecule has 1 N–H and O–H groups in total. The van der Waals surface area contributed by atoms with Gasteiger partial charge in [0.25, 0.3) is 0 Å². The lowest BCUT2D eigenvalue weighted by Crippen LogP contribution is -2.15. The van der Waals surface area contributed by atoms with Gasteiger partial charge in [-0.15, -0.1) is 0 Å². The van der Waals surface area contributed by atoms with Crippen LogP contribution in [0.1, 0.15) is 31.8 Å². The molecule has 0 aromatic heterocycles. The van der Waals surface area contributed by atoms with E-state index < -0.39 is 23.7 Å². The Labute approximate surface area is 135 Å². The monoisotopic (exact) mass is 338 g/mol. The first-order chi connectivity index (χ1) is 11.3. The van der Waals surface area contributed by atoms with Gasteiger partial charge in [-0.3, -0.25) is 0 Å². The van der Waals surface area contributed by atoms with Crippen LogP contribution in [0.2, 0.25) is 0 Å². The molecule has 4 nitrogen and oxygen atoms in total. The maximum atomic E-state index is 12.9. The molecule has 7 heteroatoms. The highest BCUT2D eigenvalue weighted by molar-refractivity contribution is 6.02. The van der Waals surface area contributed by atoms with Crippen LogP contribution in [0.5, 0.6) is 0 Å². The second kappa shape index (κ2) is 7.16. The van der Waals surface area contributed by atoms with Gasteiger partial charge in [-0.2, -0.15) is 13.2 Å². The SMILES string of the molecule is O=C(O)c1ccccc1C(=O)OCCc1ccccc1C(F)(F)F. The molecule has 0 saturated heterocycles. The highest BCUT2D eigenvalue weighted by atomic mass is 19.4. The smallest absolute Gasteiger partial charge is 0.416 e. The van der Waals surface area contributed by atoms with Crippen molar-refractivity contribution < 1.29 is 32.6 Å². The Balaban J connectivity index is 2.06. The molecule has 0 radical (unpaired) electrons. The van der Waals surface area contributed by atoms with Crippen LogP contribution in [0.3, 0.4) is 0 Å². The molecule has 0 spiro atoms. The van der Waals surface area contributed by atoms with Crippen LogP contribution < -0.4 is 0 Å². The van der Waals surface area contributed by atoms with Crippen molar-refractivity contribution in [2.75, 3.05) is 6.61 Å². The first-order valence-corrected chi connectivity index (χ1v) is 6.95. The summed E-state index contributed by atoms with van der Waals surface area (Å²) in [4.78, 5) is 23.0. The van der Waals surface area contributed by atoms with E-state index in [-0.39, 0.29) is 29.7 Å². The number of carbonyl (C=O) groups excluding carboxylic acids is 1. The lowest BCUT2D eigenvalue weighted by molar-refractivity contribution is -0.138. The number of ether oxygens (including phenoxy) is 1. The highest BCUT2D eigenvalue weighted by Gasteiger charge is 2.32. The Morgan fingerprint density at radius 2 is 1.54 bits per heavy atom. The minimum absolute atomic E-state index is 0.00400. The van der Waals surface area contributed by atoms with E-state index in [4.69, 9.17) is 9.84 Å². The van der Waals surface area contributed by atoms with Crippen LogP contribution in [-0.2, 0) is 17.3 Å². The summed E-state index contributed by atoms with van der Waals surface area (Å²) in [6.07, 6.45) is -4.62. The Hall–Kier alpha value is -2.83. The summed E-state index contributed by atoms with van der Waals surface area (Å²) in [5, 5.41) is 9.01. The number of rotatable bonds is 5. The Bertz CT molecular complexity index is 753. The van der Waals surface area contributed by atoms with E-state index in [1.165, 1.54) is 42.5 Å². The van der Waals surface area contributed by atoms with Crippen LogP contribution >= 0.6 is 0 Å². The maximum Gasteiger partial charge on any atom is 0.416 e. The van der Waals surface area contributed by atoms with Gasteiger partial charge in [-0.25, -0.2) is 9.59 Å². The number of carboxylic acids is 1. The third-order valence-corrected chi connectivity index (χ3v) is 3.30. The summed E-state index contributed by atoms with van der Waals surface area (Å²) in [7, 11) is 0. The van der Waals surface area contributed by atoms with E-state index in [0.717, 1.165) is 6.07 Å². The molecule has 0 saturated carbocycles. The van der Waals surface area contributed by atoms with Crippen molar-refractivity contribution in [1.29, 1.82) is 0 Å². The number of hydrogen-bond acceptors (Lipinski definition) is 3. The first-order valence-electron chi connectivity index (χ1n) is 6.95. The zero-order valence-corrected chi connectivity index (χ0v) is 12.3. The van der Waals surface area contributed by atoms with Gasteiger partial charge in [0.05, 0.1) is 23.3 Å². The van der Waals surface area contributed by atoms with Crippen LogP contribution in [0.4, 0.5) is 13.2 Å². The van der Waals surface area contributed by atoms with Crippen LogP contribution in [0.25, 0.3) is 0 Å². The second-order valence-corrected chi connectivity index (χ2v) is 4.89. The van der Waals surface area contributed by atoms with Gasteiger partial charge in [-0.1, -0.05) is 30.3 Å². The Morgan fingerprint density at radius 3 is 2.17 bits per heavy atom. The van der Waals surface area contributed by atoms with Gasteiger partial charge < -0.3 is 9.84 Å². The lowest BCUT2D eigenvalue weighted by atomic mass is 10.0. The van der Waals surface area contributed by atoms with Crippen LogP contribution in [0.15, 0.2) is 48.5 Å². The average Bonchev–Trinajstić information content (AvgIpc) is 2.54. The minimum Gasteiger partial charge on any atom is -0.478 e. The van der Waals surface area contributed by atoms with Crippen molar-refractivity contribution in [3.05, 3.63) is 70.8 Å².